The molecule has 0 aromatic heterocycles. The van der Waals surface area contributed by atoms with E-state index < -0.39 is 0 Å². The van der Waals surface area contributed by atoms with Crippen LogP contribution in [0.3, 0.4) is 0 Å². The summed E-state index contributed by atoms with van der Waals surface area (Å²) in [5.74, 6) is -0.274. The van der Waals surface area contributed by atoms with Crippen molar-refractivity contribution in [1.29, 1.82) is 0 Å². The van der Waals surface area contributed by atoms with Gasteiger partial charge in [-0.05, 0) is 47.2 Å². The summed E-state index contributed by atoms with van der Waals surface area (Å²) < 4.78 is 5.02. The number of esters is 1. The molecule has 0 amide bonds. The summed E-state index contributed by atoms with van der Waals surface area (Å²) in [6.45, 7) is 11.3. The van der Waals surface area contributed by atoms with Crippen molar-refractivity contribution in [2.75, 3.05) is 20.2 Å². The summed E-state index contributed by atoms with van der Waals surface area (Å²) >= 11 is 0. The highest BCUT2D eigenvalue weighted by molar-refractivity contribution is 5.86. The fourth-order valence-electron chi connectivity index (χ4n) is 1.36. The Labute approximate surface area is 106 Å². The van der Waals surface area contributed by atoms with Crippen LogP contribution in [-0.4, -0.2) is 37.1 Å². The van der Waals surface area contributed by atoms with Crippen molar-refractivity contribution in [2.24, 2.45) is 0 Å². The standard InChI is InChI=1S/C14H27NO2/c1-12(2)14(16)17-11-9-7-6-8-10-15(5)13(3)4/h13H,1,6-11H2,2-5H3. The molecule has 100 valence electrons. The van der Waals surface area contributed by atoms with Gasteiger partial charge in [-0.2, -0.15) is 0 Å². The van der Waals surface area contributed by atoms with E-state index in [1.807, 2.05) is 0 Å². The second kappa shape index (κ2) is 9.23. The fourth-order valence-corrected chi connectivity index (χ4v) is 1.36. The zero-order valence-electron chi connectivity index (χ0n) is 11.8. The van der Waals surface area contributed by atoms with Crippen molar-refractivity contribution in [3.05, 3.63) is 12.2 Å². The summed E-state index contributed by atoms with van der Waals surface area (Å²) in [6.07, 6.45) is 4.48. The Morgan fingerprint density at radius 2 is 1.82 bits per heavy atom. The van der Waals surface area contributed by atoms with Gasteiger partial charge in [0, 0.05) is 11.6 Å². The molecule has 0 aliphatic carbocycles. The molecule has 0 heterocycles. The van der Waals surface area contributed by atoms with Crippen LogP contribution in [0.2, 0.25) is 0 Å². The molecule has 0 N–H and O–H groups in total. The number of rotatable bonds is 9. The number of hydrogen-bond donors (Lipinski definition) is 0. The lowest BCUT2D eigenvalue weighted by Crippen LogP contribution is -2.27. The van der Waals surface area contributed by atoms with Crippen LogP contribution in [0, 0.1) is 0 Å². The molecule has 0 aliphatic rings. The van der Waals surface area contributed by atoms with Gasteiger partial charge in [0.1, 0.15) is 0 Å². The van der Waals surface area contributed by atoms with Gasteiger partial charge in [-0.1, -0.05) is 19.4 Å². The lowest BCUT2D eigenvalue weighted by atomic mass is 10.2. The van der Waals surface area contributed by atoms with Crippen molar-refractivity contribution in [1.82, 2.24) is 4.90 Å². The lowest BCUT2D eigenvalue weighted by Gasteiger charge is -2.20. The molecule has 0 fully saturated rings. The zero-order chi connectivity index (χ0) is 13.3. The van der Waals surface area contributed by atoms with E-state index in [9.17, 15) is 4.79 Å². The molecule has 3 heteroatoms. The van der Waals surface area contributed by atoms with Gasteiger partial charge < -0.3 is 9.64 Å². The second-order valence-corrected chi connectivity index (χ2v) is 4.90. The van der Waals surface area contributed by atoms with Crippen LogP contribution in [0.1, 0.15) is 46.5 Å². The third-order valence-corrected chi connectivity index (χ3v) is 2.87. The Morgan fingerprint density at radius 1 is 1.24 bits per heavy atom. The second-order valence-electron chi connectivity index (χ2n) is 4.90. The summed E-state index contributed by atoms with van der Waals surface area (Å²) in [5, 5.41) is 0. The largest absolute Gasteiger partial charge is 0.462 e. The van der Waals surface area contributed by atoms with Gasteiger partial charge in [-0.3, -0.25) is 0 Å². The number of carbonyl (C=O) groups excluding carboxylic acids is 1. The minimum atomic E-state index is -0.274. The topological polar surface area (TPSA) is 29.5 Å². The molecule has 0 bridgehead atoms. The predicted octanol–water partition coefficient (Wildman–Crippen LogP) is 3.01. The minimum Gasteiger partial charge on any atom is -0.462 e. The van der Waals surface area contributed by atoms with Crippen LogP contribution in [0.5, 0.6) is 0 Å². The van der Waals surface area contributed by atoms with Gasteiger partial charge >= 0.3 is 5.97 Å². The molecular formula is C14H27NO2. The van der Waals surface area contributed by atoms with Crippen LogP contribution in [0.4, 0.5) is 0 Å². The van der Waals surface area contributed by atoms with Crippen molar-refractivity contribution in [2.45, 2.75) is 52.5 Å². The summed E-state index contributed by atoms with van der Waals surface area (Å²) in [6, 6.07) is 0.617. The summed E-state index contributed by atoms with van der Waals surface area (Å²) in [7, 11) is 2.15. The molecule has 0 aromatic rings. The third kappa shape index (κ3) is 8.93. The van der Waals surface area contributed by atoms with E-state index in [1.165, 1.54) is 12.8 Å². The molecular weight excluding hydrogens is 214 g/mol. The molecule has 0 atom stereocenters. The molecule has 0 aliphatic heterocycles. The highest BCUT2D eigenvalue weighted by atomic mass is 16.5. The first-order valence-corrected chi connectivity index (χ1v) is 6.48. The summed E-state index contributed by atoms with van der Waals surface area (Å²) in [4.78, 5) is 13.4. The first-order chi connectivity index (χ1) is 7.95. The Balaban J connectivity index is 3.30. The predicted molar refractivity (Wildman–Crippen MR) is 72.0 cm³/mol. The first kappa shape index (κ1) is 16.2. The van der Waals surface area contributed by atoms with Gasteiger partial charge in [-0.25, -0.2) is 4.79 Å². The maximum Gasteiger partial charge on any atom is 0.333 e. The number of nitrogens with zero attached hydrogens (tertiary/aromatic N) is 1. The molecule has 0 aromatic carbocycles. The molecule has 0 spiro atoms. The van der Waals surface area contributed by atoms with E-state index in [0.29, 0.717) is 18.2 Å². The van der Waals surface area contributed by atoms with Crippen LogP contribution < -0.4 is 0 Å². The van der Waals surface area contributed by atoms with E-state index in [0.717, 1.165) is 19.4 Å². The fraction of sp³-hybridized carbons (Fsp3) is 0.786. The van der Waals surface area contributed by atoms with Crippen molar-refractivity contribution < 1.29 is 9.53 Å². The smallest absolute Gasteiger partial charge is 0.333 e. The Kier molecular flexibility index (Phi) is 8.78. The average Bonchev–Trinajstić information content (AvgIpc) is 2.26. The Bertz CT molecular complexity index is 236. The van der Waals surface area contributed by atoms with Gasteiger partial charge in [0.05, 0.1) is 6.61 Å². The molecule has 0 saturated carbocycles. The quantitative estimate of drug-likeness (QED) is 0.353. The number of ether oxygens (including phenoxy) is 1. The molecule has 0 radical (unpaired) electrons. The molecule has 3 nitrogen and oxygen atoms in total. The van der Waals surface area contributed by atoms with Gasteiger partial charge in [-0.15, -0.1) is 0 Å². The van der Waals surface area contributed by atoms with Crippen LogP contribution >= 0.6 is 0 Å². The molecule has 17 heavy (non-hydrogen) atoms. The Morgan fingerprint density at radius 3 is 2.35 bits per heavy atom. The van der Waals surface area contributed by atoms with Gasteiger partial charge in [0.25, 0.3) is 0 Å². The van der Waals surface area contributed by atoms with E-state index in [4.69, 9.17) is 4.74 Å². The minimum absolute atomic E-state index is 0.274. The lowest BCUT2D eigenvalue weighted by molar-refractivity contribution is -0.139. The summed E-state index contributed by atoms with van der Waals surface area (Å²) in [5.41, 5.74) is 0.476. The van der Waals surface area contributed by atoms with E-state index in [2.05, 4.69) is 32.4 Å². The van der Waals surface area contributed by atoms with Crippen molar-refractivity contribution in [3.8, 4) is 0 Å². The number of unbranched alkanes of at least 4 members (excludes halogenated alkanes) is 3. The maximum absolute atomic E-state index is 11.1. The first-order valence-electron chi connectivity index (χ1n) is 6.48. The van der Waals surface area contributed by atoms with E-state index in [1.54, 1.807) is 6.92 Å². The maximum atomic E-state index is 11.1. The van der Waals surface area contributed by atoms with E-state index >= 15 is 0 Å². The van der Waals surface area contributed by atoms with Crippen molar-refractivity contribution in [3.63, 3.8) is 0 Å². The van der Waals surface area contributed by atoms with Gasteiger partial charge in [0.2, 0.25) is 0 Å². The van der Waals surface area contributed by atoms with Crippen LogP contribution in [-0.2, 0) is 9.53 Å². The third-order valence-electron chi connectivity index (χ3n) is 2.87. The van der Waals surface area contributed by atoms with Crippen LogP contribution in [0.15, 0.2) is 12.2 Å². The van der Waals surface area contributed by atoms with Gasteiger partial charge in [0.15, 0.2) is 0 Å². The normalized spacial score (nSPS) is 10.9. The molecule has 0 saturated heterocycles. The zero-order valence-corrected chi connectivity index (χ0v) is 11.8. The number of carbonyl (C=O) groups is 1. The highest BCUT2D eigenvalue weighted by Crippen LogP contribution is 2.04. The Hall–Kier alpha value is -0.830. The van der Waals surface area contributed by atoms with Crippen molar-refractivity contribution >= 4 is 5.97 Å². The SMILES string of the molecule is C=C(C)C(=O)OCCCCCCN(C)C(C)C. The average molecular weight is 241 g/mol. The van der Waals surface area contributed by atoms with Crippen LogP contribution in [0.25, 0.3) is 0 Å². The molecule has 0 unspecified atom stereocenters. The highest BCUT2D eigenvalue weighted by Gasteiger charge is 2.03. The molecule has 0 rings (SSSR count). The number of hydrogen-bond acceptors (Lipinski definition) is 3. The van der Waals surface area contributed by atoms with E-state index in [-0.39, 0.29) is 5.97 Å². The monoisotopic (exact) mass is 241 g/mol.